The number of nitrogens with one attached hydrogen (secondary N) is 3. The van der Waals surface area contributed by atoms with Crippen molar-refractivity contribution in [3.63, 3.8) is 0 Å². The first-order valence-electron chi connectivity index (χ1n) is 9.20. The highest BCUT2D eigenvalue weighted by Crippen LogP contribution is 2.40. The minimum atomic E-state index is -0.342. The highest BCUT2D eigenvalue weighted by molar-refractivity contribution is 5.85. The van der Waals surface area contributed by atoms with Gasteiger partial charge >= 0.3 is 0 Å². The number of benzene rings is 2. The molecule has 4 rings (SSSR count). The number of H-pyrrole nitrogens is 1. The van der Waals surface area contributed by atoms with E-state index in [1.165, 1.54) is 18.5 Å². The van der Waals surface area contributed by atoms with E-state index in [0.29, 0.717) is 28.2 Å². The molecule has 0 amide bonds. The van der Waals surface area contributed by atoms with Gasteiger partial charge in [0.25, 0.3) is 0 Å². The van der Waals surface area contributed by atoms with E-state index >= 15 is 0 Å². The molecule has 7 nitrogen and oxygen atoms in total. The van der Waals surface area contributed by atoms with Crippen LogP contribution in [0.1, 0.15) is 29.7 Å². The van der Waals surface area contributed by atoms with Crippen molar-refractivity contribution in [3.05, 3.63) is 65.5 Å². The summed E-state index contributed by atoms with van der Waals surface area (Å²) in [4.78, 5) is 15.7. The molecule has 0 saturated heterocycles. The Kier molecular flexibility index (Phi) is 4.85. The van der Waals surface area contributed by atoms with E-state index in [2.05, 4.69) is 30.7 Å². The summed E-state index contributed by atoms with van der Waals surface area (Å²) in [6.45, 7) is 5.87. The first-order chi connectivity index (χ1) is 14.0. The maximum atomic E-state index is 14.0. The molecule has 0 radical (unpaired) electrons. The number of hydrogen-bond acceptors (Lipinski definition) is 6. The minimum absolute atomic E-state index is 0.207. The Hall–Kier alpha value is -3.52. The van der Waals surface area contributed by atoms with Crippen LogP contribution in [-0.2, 0) is 0 Å². The van der Waals surface area contributed by atoms with Gasteiger partial charge in [-0.2, -0.15) is 0 Å². The molecule has 148 valence electrons. The van der Waals surface area contributed by atoms with Crippen LogP contribution in [0, 0.1) is 19.7 Å². The van der Waals surface area contributed by atoms with Crippen molar-refractivity contribution in [3.8, 4) is 11.1 Å². The fraction of sp³-hybridized carbons (Fsp3) is 0.190. The minimum Gasteiger partial charge on any atom is -0.362 e. The Morgan fingerprint density at radius 3 is 2.72 bits per heavy atom. The van der Waals surface area contributed by atoms with Gasteiger partial charge in [-0.25, -0.2) is 19.3 Å². The second kappa shape index (κ2) is 7.48. The van der Waals surface area contributed by atoms with E-state index in [4.69, 9.17) is 0 Å². The molecule has 0 spiro atoms. The van der Waals surface area contributed by atoms with E-state index in [-0.39, 0.29) is 11.9 Å². The van der Waals surface area contributed by atoms with Gasteiger partial charge in [0.2, 0.25) is 0 Å². The number of fused-ring (bicyclic) bond motifs is 1. The van der Waals surface area contributed by atoms with Crippen LogP contribution in [0.4, 0.5) is 15.9 Å². The maximum Gasteiger partial charge on any atom is 0.182 e. The van der Waals surface area contributed by atoms with Crippen LogP contribution in [0.3, 0.4) is 0 Å². The second-order valence-corrected chi connectivity index (χ2v) is 6.97. The monoisotopic (exact) mass is 392 g/mol. The largest absolute Gasteiger partial charge is 0.362 e. The molecule has 0 bridgehead atoms. The van der Waals surface area contributed by atoms with Gasteiger partial charge in [0, 0.05) is 5.56 Å². The number of aromatic amines is 1. The third-order valence-corrected chi connectivity index (χ3v) is 5.15. The van der Waals surface area contributed by atoms with Gasteiger partial charge in [-0.15, -0.1) is 0 Å². The third kappa shape index (κ3) is 3.38. The van der Waals surface area contributed by atoms with Gasteiger partial charge < -0.3 is 10.3 Å². The number of aromatic nitrogens is 4. The quantitative estimate of drug-likeness (QED) is 0.366. The first kappa shape index (κ1) is 18.8. The van der Waals surface area contributed by atoms with Gasteiger partial charge in [-0.05, 0) is 55.2 Å². The summed E-state index contributed by atoms with van der Waals surface area (Å²) >= 11 is 0. The molecule has 0 aliphatic rings. The summed E-state index contributed by atoms with van der Waals surface area (Å²) in [6.07, 6.45) is 3.02. The molecule has 0 saturated carbocycles. The molecule has 0 aliphatic heterocycles. The zero-order valence-corrected chi connectivity index (χ0v) is 16.3. The Morgan fingerprint density at radius 1 is 1.14 bits per heavy atom. The van der Waals surface area contributed by atoms with Gasteiger partial charge in [-0.3, -0.25) is 10.7 Å². The average Bonchev–Trinajstić information content (AvgIpc) is 3.19. The van der Waals surface area contributed by atoms with Crippen LogP contribution >= 0.6 is 0 Å². The van der Waals surface area contributed by atoms with Crippen LogP contribution in [0.25, 0.3) is 22.3 Å². The second-order valence-electron chi connectivity index (χ2n) is 6.97. The van der Waals surface area contributed by atoms with Crippen molar-refractivity contribution in [2.24, 2.45) is 0 Å². The van der Waals surface area contributed by atoms with E-state index < -0.39 is 0 Å². The van der Waals surface area contributed by atoms with Crippen LogP contribution in [0.2, 0.25) is 0 Å². The van der Waals surface area contributed by atoms with Gasteiger partial charge in [0.15, 0.2) is 11.5 Å². The Labute approximate surface area is 167 Å². The van der Waals surface area contributed by atoms with E-state index in [1.54, 1.807) is 12.4 Å². The number of hydrogen-bond donors (Lipinski definition) is 4. The lowest BCUT2D eigenvalue weighted by molar-refractivity contribution is 0.388. The molecule has 2 aromatic heterocycles. The molecule has 2 heterocycles. The normalized spacial score (nSPS) is 12.2. The van der Waals surface area contributed by atoms with Crippen LogP contribution < -0.4 is 10.8 Å². The summed E-state index contributed by atoms with van der Waals surface area (Å²) in [5.74, 6) is 0.271. The molecule has 1 atom stereocenters. The molecule has 2 aromatic carbocycles. The van der Waals surface area contributed by atoms with Crippen molar-refractivity contribution >= 4 is 22.7 Å². The van der Waals surface area contributed by atoms with Crippen LogP contribution in [0.5, 0.6) is 0 Å². The van der Waals surface area contributed by atoms with E-state index in [9.17, 15) is 9.60 Å². The summed E-state index contributed by atoms with van der Waals surface area (Å²) in [6, 6.07) is 8.16. The van der Waals surface area contributed by atoms with Gasteiger partial charge in [0.1, 0.15) is 17.7 Å². The molecule has 4 N–H and O–H groups in total. The number of nitrogens with zero attached hydrogens (tertiary/aromatic N) is 3. The first-order valence-corrected chi connectivity index (χ1v) is 9.20. The fourth-order valence-electron chi connectivity index (χ4n) is 3.54. The zero-order chi connectivity index (χ0) is 20.5. The molecule has 4 aromatic rings. The van der Waals surface area contributed by atoms with Crippen molar-refractivity contribution in [1.82, 2.24) is 19.9 Å². The predicted molar refractivity (Wildman–Crippen MR) is 110 cm³/mol. The number of aryl methyl sites for hydroxylation is 1. The van der Waals surface area contributed by atoms with Crippen molar-refractivity contribution in [2.75, 3.05) is 10.8 Å². The van der Waals surface area contributed by atoms with Crippen molar-refractivity contribution < 1.29 is 9.60 Å². The number of rotatable bonds is 5. The standard InChI is InChI=1S/C21H21FN6O/c1-11-7-16(13(3)27-21-19-20(24-9-23-19)25-10-26-21)17(18(28-29)12(11)2)14-5-4-6-15(22)8-14/h4-10,13,28-29H,1-3H3,(H2,23,24,25,26,27). The molecular weight excluding hydrogens is 371 g/mol. The average molecular weight is 392 g/mol. The zero-order valence-electron chi connectivity index (χ0n) is 16.3. The number of halogens is 1. The molecule has 0 fully saturated rings. The topological polar surface area (TPSA) is 98.8 Å². The van der Waals surface area contributed by atoms with Gasteiger partial charge in [-0.1, -0.05) is 18.2 Å². The third-order valence-electron chi connectivity index (χ3n) is 5.15. The predicted octanol–water partition coefficient (Wildman–Crippen LogP) is 4.75. The maximum absolute atomic E-state index is 14.0. The lowest BCUT2D eigenvalue weighted by Gasteiger charge is -2.24. The summed E-state index contributed by atoms with van der Waals surface area (Å²) < 4.78 is 14.0. The van der Waals surface area contributed by atoms with Crippen molar-refractivity contribution in [2.45, 2.75) is 26.8 Å². The van der Waals surface area contributed by atoms with Crippen molar-refractivity contribution in [1.29, 1.82) is 0 Å². The molecular formula is C21H21FN6O. The highest BCUT2D eigenvalue weighted by Gasteiger charge is 2.21. The SMILES string of the molecule is Cc1cc(C(C)Nc2ncnc3nc[nH]c23)c(-c2cccc(F)c2)c(NO)c1C. The summed E-state index contributed by atoms with van der Waals surface area (Å²) in [5, 5.41) is 13.3. The van der Waals surface area contributed by atoms with Crippen LogP contribution in [0.15, 0.2) is 43.0 Å². The highest BCUT2D eigenvalue weighted by atomic mass is 19.1. The Bertz CT molecular complexity index is 1190. The lowest BCUT2D eigenvalue weighted by atomic mass is 9.89. The summed E-state index contributed by atoms with van der Waals surface area (Å²) in [7, 11) is 0. The number of imidazole rings is 1. The molecule has 0 aliphatic carbocycles. The smallest absolute Gasteiger partial charge is 0.182 e. The van der Waals surface area contributed by atoms with E-state index in [1.807, 2.05) is 32.9 Å². The molecule has 8 heteroatoms. The molecule has 1 unspecified atom stereocenters. The fourth-order valence-corrected chi connectivity index (χ4v) is 3.54. The number of anilines is 2. The van der Waals surface area contributed by atoms with Crippen LogP contribution in [-0.4, -0.2) is 25.1 Å². The Balaban J connectivity index is 1.86. The summed E-state index contributed by atoms with van der Waals surface area (Å²) in [5.41, 5.74) is 8.31. The molecule has 29 heavy (non-hydrogen) atoms. The van der Waals surface area contributed by atoms with E-state index in [0.717, 1.165) is 22.3 Å². The van der Waals surface area contributed by atoms with Gasteiger partial charge in [0.05, 0.1) is 18.1 Å². The lowest BCUT2D eigenvalue weighted by Crippen LogP contribution is -2.12. The Morgan fingerprint density at radius 2 is 1.97 bits per heavy atom.